The molecule has 4 rings (SSSR count). The van der Waals surface area contributed by atoms with E-state index in [0.717, 1.165) is 28.0 Å². The lowest BCUT2D eigenvalue weighted by Gasteiger charge is -2.12. The second-order valence-electron chi connectivity index (χ2n) is 6.02. The highest BCUT2D eigenvalue weighted by atomic mass is 32.2. The average Bonchev–Trinajstić information content (AvgIpc) is 3.35. The first-order valence-electron chi connectivity index (χ1n) is 8.63. The number of pyridine rings is 1. The van der Waals surface area contributed by atoms with E-state index in [1.807, 2.05) is 47.9 Å². The molecule has 0 bridgehead atoms. The van der Waals surface area contributed by atoms with Crippen molar-refractivity contribution in [3.05, 3.63) is 60.5 Å². The second kappa shape index (κ2) is 7.81. The number of aromatic nitrogens is 6. The maximum absolute atomic E-state index is 5.30. The molecule has 0 fully saturated rings. The fourth-order valence-electron chi connectivity index (χ4n) is 2.69. The largest absolute Gasteiger partial charge is 0.497 e. The van der Waals surface area contributed by atoms with E-state index in [9.17, 15) is 0 Å². The molecule has 142 valence electrons. The summed E-state index contributed by atoms with van der Waals surface area (Å²) in [6.45, 7) is 3.79. The monoisotopic (exact) mass is 394 g/mol. The number of benzene rings is 1. The van der Waals surface area contributed by atoms with Gasteiger partial charge in [-0.3, -0.25) is 9.55 Å². The Hall–Kier alpha value is -3.20. The summed E-state index contributed by atoms with van der Waals surface area (Å²) < 4.78 is 12.6. The molecule has 3 heterocycles. The lowest BCUT2D eigenvalue weighted by Crippen LogP contribution is -2.01. The van der Waals surface area contributed by atoms with Crippen molar-refractivity contribution in [3.8, 4) is 22.8 Å². The molecule has 9 heteroatoms. The highest BCUT2D eigenvalue weighted by molar-refractivity contribution is 7.99. The summed E-state index contributed by atoms with van der Waals surface area (Å²) in [6.07, 6.45) is 3.47. The van der Waals surface area contributed by atoms with Crippen molar-refractivity contribution < 1.29 is 9.26 Å². The highest BCUT2D eigenvalue weighted by Gasteiger charge is 2.22. The minimum Gasteiger partial charge on any atom is -0.497 e. The molecule has 1 atom stereocenters. The Morgan fingerprint density at radius 2 is 1.82 bits per heavy atom. The summed E-state index contributed by atoms with van der Waals surface area (Å²) >= 11 is 1.50. The molecular weight excluding hydrogens is 376 g/mol. The fourth-order valence-corrected chi connectivity index (χ4v) is 3.58. The molecule has 0 amide bonds. The van der Waals surface area contributed by atoms with E-state index in [2.05, 4.69) is 25.3 Å². The summed E-state index contributed by atoms with van der Waals surface area (Å²) in [7, 11) is 1.64. The summed E-state index contributed by atoms with van der Waals surface area (Å²) in [6, 6.07) is 11.6. The van der Waals surface area contributed by atoms with Gasteiger partial charge in [0.05, 0.1) is 12.4 Å². The highest BCUT2D eigenvalue weighted by Crippen LogP contribution is 2.36. The Balaban J connectivity index is 1.76. The predicted octanol–water partition coefficient (Wildman–Crippen LogP) is 3.88. The van der Waals surface area contributed by atoms with Gasteiger partial charge in [0, 0.05) is 23.6 Å². The first-order valence-corrected chi connectivity index (χ1v) is 9.51. The van der Waals surface area contributed by atoms with Crippen molar-refractivity contribution in [1.82, 2.24) is 29.9 Å². The molecule has 0 saturated carbocycles. The Labute approximate surface area is 166 Å². The molecular formula is C19H18N6O2S. The molecule has 1 aromatic carbocycles. The van der Waals surface area contributed by atoms with Crippen LogP contribution in [0.25, 0.3) is 17.1 Å². The summed E-state index contributed by atoms with van der Waals surface area (Å²) in [5, 5.41) is 13.4. The summed E-state index contributed by atoms with van der Waals surface area (Å²) in [5.41, 5.74) is 1.85. The topological polar surface area (TPSA) is 91.8 Å². The maximum atomic E-state index is 5.30. The van der Waals surface area contributed by atoms with Crippen LogP contribution in [0.1, 0.15) is 23.9 Å². The number of aryl methyl sites for hydroxylation is 1. The molecule has 3 aromatic heterocycles. The van der Waals surface area contributed by atoms with Crippen LogP contribution in [0.4, 0.5) is 0 Å². The van der Waals surface area contributed by atoms with Crippen LogP contribution >= 0.6 is 11.8 Å². The third kappa shape index (κ3) is 3.61. The quantitative estimate of drug-likeness (QED) is 0.455. The standard InChI is InChI=1S/C19H18N6O2S/c1-12(18-21-13(2)24-27-18)28-19-23-22-17(14-8-10-20-11-9-14)25(19)15-4-6-16(26-3)7-5-15/h4-12H,1-3H3. The van der Waals surface area contributed by atoms with E-state index in [-0.39, 0.29) is 5.25 Å². The van der Waals surface area contributed by atoms with Crippen molar-refractivity contribution in [3.63, 3.8) is 0 Å². The molecule has 0 aliphatic rings. The number of hydrogen-bond donors (Lipinski definition) is 0. The molecule has 0 N–H and O–H groups in total. The van der Waals surface area contributed by atoms with E-state index >= 15 is 0 Å². The minimum absolute atomic E-state index is 0.0762. The molecule has 0 radical (unpaired) electrons. The fraction of sp³-hybridized carbons (Fsp3) is 0.211. The van der Waals surface area contributed by atoms with Gasteiger partial charge in [0.25, 0.3) is 0 Å². The zero-order valence-corrected chi connectivity index (χ0v) is 16.4. The lowest BCUT2D eigenvalue weighted by atomic mass is 10.2. The van der Waals surface area contributed by atoms with Crippen LogP contribution in [0.3, 0.4) is 0 Å². The number of ether oxygens (including phenoxy) is 1. The predicted molar refractivity (Wildman–Crippen MR) is 104 cm³/mol. The van der Waals surface area contributed by atoms with Crippen LogP contribution in [0, 0.1) is 6.92 Å². The van der Waals surface area contributed by atoms with Crippen LogP contribution in [0.5, 0.6) is 5.75 Å². The van der Waals surface area contributed by atoms with E-state index in [4.69, 9.17) is 9.26 Å². The Bertz CT molecular complexity index is 1060. The van der Waals surface area contributed by atoms with Crippen LogP contribution in [0.15, 0.2) is 58.5 Å². The smallest absolute Gasteiger partial charge is 0.239 e. The van der Waals surface area contributed by atoms with E-state index < -0.39 is 0 Å². The molecule has 28 heavy (non-hydrogen) atoms. The first kappa shape index (κ1) is 18.2. The van der Waals surface area contributed by atoms with Gasteiger partial charge in [-0.15, -0.1) is 10.2 Å². The molecule has 0 aliphatic heterocycles. The average molecular weight is 394 g/mol. The van der Waals surface area contributed by atoms with Crippen molar-refractivity contribution in [2.24, 2.45) is 0 Å². The van der Waals surface area contributed by atoms with Gasteiger partial charge in [0.15, 0.2) is 16.8 Å². The van der Waals surface area contributed by atoms with Crippen LogP contribution in [-0.4, -0.2) is 37.0 Å². The van der Waals surface area contributed by atoms with E-state index in [0.29, 0.717) is 11.7 Å². The van der Waals surface area contributed by atoms with Crippen LogP contribution < -0.4 is 4.74 Å². The van der Waals surface area contributed by atoms with Crippen LogP contribution in [-0.2, 0) is 0 Å². The zero-order valence-electron chi connectivity index (χ0n) is 15.6. The molecule has 1 unspecified atom stereocenters. The van der Waals surface area contributed by atoms with Gasteiger partial charge in [-0.2, -0.15) is 4.98 Å². The summed E-state index contributed by atoms with van der Waals surface area (Å²) in [4.78, 5) is 8.40. The second-order valence-corrected chi connectivity index (χ2v) is 7.32. The van der Waals surface area contributed by atoms with Gasteiger partial charge >= 0.3 is 0 Å². The van der Waals surface area contributed by atoms with Gasteiger partial charge < -0.3 is 9.26 Å². The Morgan fingerprint density at radius 3 is 2.46 bits per heavy atom. The number of nitrogens with zero attached hydrogens (tertiary/aromatic N) is 6. The molecule has 0 spiro atoms. The first-order chi connectivity index (χ1) is 13.7. The van der Waals surface area contributed by atoms with Crippen molar-refractivity contribution in [1.29, 1.82) is 0 Å². The van der Waals surface area contributed by atoms with Crippen molar-refractivity contribution in [2.45, 2.75) is 24.3 Å². The van der Waals surface area contributed by atoms with Gasteiger partial charge in [0.2, 0.25) is 5.89 Å². The molecule has 0 saturated heterocycles. The normalized spacial score (nSPS) is 12.1. The van der Waals surface area contributed by atoms with Crippen molar-refractivity contribution >= 4 is 11.8 Å². The lowest BCUT2D eigenvalue weighted by molar-refractivity contribution is 0.376. The van der Waals surface area contributed by atoms with Gasteiger partial charge in [-0.05, 0) is 50.2 Å². The number of thioether (sulfide) groups is 1. The van der Waals surface area contributed by atoms with Crippen LogP contribution in [0.2, 0.25) is 0 Å². The minimum atomic E-state index is -0.0762. The Morgan fingerprint density at radius 1 is 1.07 bits per heavy atom. The van der Waals surface area contributed by atoms with E-state index in [1.54, 1.807) is 26.4 Å². The maximum Gasteiger partial charge on any atom is 0.239 e. The van der Waals surface area contributed by atoms with Gasteiger partial charge in [0.1, 0.15) is 5.75 Å². The van der Waals surface area contributed by atoms with E-state index in [1.165, 1.54) is 11.8 Å². The molecule has 8 nitrogen and oxygen atoms in total. The Kier molecular flexibility index (Phi) is 5.07. The zero-order chi connectivity index (χ0) is 19.5. The number of methoxy groups -OCH3 is 1. The summed E-state index contributed by atoms with van der Waals surface area (Å²) in [5.74, 6) is 2.67. The number of hydrogen-bond acceptors (Lipinski definition) is 8. The SMILES string of the molecule is COc1ccc(-n2c(SC(C)c3nc(C)no3)nnc2-c2ccncc2)cc1. The van der Waals surface area contributed by atoms with Gasteiger partial charge in [-0.25, -0.2) is 0 Å². The molecule has 0 aliphatic carbocycles. The third-order valence-corrected chi connectivity index (χ3v) is 5.11. The van der Waals surface area contributed by atoms with Gasteiger partial charge in [-0.1, -0.05) is 16.9 Å². The number of rotatable bonds is 6. The third-order valence-electron chi connectivity index (χ3n) is 4.08. The van der Waals surface area contributed by atoms with Crippen molar-refractivity contribution in [2.75, 3.05) is 7.11 Å². The molecule has 4 aromatic rings.